The van der Waals surface area contributed by atoms with Crippen molar-refractivity contribution in [1.29, 1.82) is 0 Å². The first kappa shape index (κ1) is 13.9. The molecule has 112 valence electrons. The van der Waals surface area contributed by atoms with Crippen LogP contribution in [0.5, 0.6) is 0 Å². The molecule has 6 nitrogen and oxygen atoms in total. The minimum absolute atomic E-state index is 0.664. The zero-order valence-electron chi connectivity index (χ0n) is 12.2. The van der Waals surface area contributed by atoms with Gasteiger partial charge in [0.05, 0.1) is 13.2 Å². The van der Waals surface area contributed by atoms with Gasteiger partial charge in [0.15, 0.2) is 0 Å². The summed E-state index contributed by atoms with van der Waals surface area (Å²) in [5.41, 5.74) is 2.38. The number of anilines is 2. The Hall–Kier alpha value is -2.08. The van der Waals surface area contributed by atoms with Gasteiger partial charge in [-0.25, -0.2) is 0 Å². The standard InChI is InChI=1S/C15H20N4O2/c1-12-4-2-3-5-13(12)16-7-6-14-17-15(18-21-14)19-8-10-20-11-9-19/h2-5,16H,6-11H2,1H3. The molecule has 1 fully saturated rings. The summed E-state index contributed by atoms with van der Waals surface area (Å²) < 4.78 is 10.6. The topological polar surface area (TPSA) is 63.4 Å². The van der Waals surface area contributed by atoms with Crippen LogP contribution >= 0.6 is 0 Å². The normalized spacial score (nSPS) is 15.2. The molecular weight excluding hydrogens is 268 g/mol. The van der Waals surface area contributed by atoms with Crippen LogP contribution in [0.4, 0.5) is 11.6 Å². The van der Waals surface area contributed by atoms with E-state index in [0.717, 1.165) is 38.5 Å². The predicted octanol–water partition coefficient (Wildman–Crippen LogP) is 1.87. The van der Waals surface area contributed by atoms with Crippen LogP contribution in [0.2, 0.25) is 0 Å². The summed E-state index contributed by atoms with van der Waals surface area (Å²) in [7, 11) is 0. The molecule has 0 atom stereocenters. The highest BCUT2D eigenvalue weighted by Crippen LogP contribution is 2.14. The number of para-hydroxylation sites is 1. The Balaban J connectivity index is 1.52. The third-order valence-corrected chi connectivity index (χ3v) is 3.55. The summed E-state index contributed by atoms with van der Waals surface area (Å²) in [5.74, 6) is 1.33. The lowest BCUT2D eigenvalue weighted by atomic mass is 10.2. The van der Waals surface area contributed by atoms with Gasteiger partial charge in [0.1, 0.15) is 0 Å². The second-order valence-corrected chi connectivity index (χ2v) is 5.08. The summed E-state index contributed by atoms with van der Waals surface area (Å²) in [4.78, 5) is 6.53. The minimum Gasteiger partial charge on any atom is -0.384 e. The second-order valence-electron chi connectivity index (χ2n) is 5.08. The van der Waals surface area contributed by atoms with E-state index in [1.807, 2.05) is 12.1 Å². The molecule has 1 N–H and O–H groups in total. The third-order valence-electron chi connectivity index (χ3n) is 3.55. The van der Waals surface area contributed by atoms with Gasteiger partial charge in [-0.15, -0.1) is 0 Å². The number of benzene rings is 1. The van der Waals surface area contributed by atoms with E-state index in [1.165, 1.54) is 5.56 Å². The molecule has 1 saturated heterocycles. The highest BCUT2D eigenvalue weighted by Gasteiger charge is 2.16. The van der Waals surface area contributed by atoms with Crippen LogP contribution in [0, 0.1) is 6.92 Å². The van der Waals surface area contributed by atoms with Crippen molar-refractivity contribution in [2.24, 2.45) is 0 Å². The number of hydrogen-bond donors (Lipinski definition) is 1. The quantitative estimate of drug-likeness (QED) is 0.906. The average Bonchev–Trinajstić information content (AvgIpc) is 2.99. The average molecular weight is 288 g/mol. The smallest absolute Gasteiger partial charge is 0.266 e. The highest BCUT2D eigenvalue weighted by atomic mass is 16.5. The minimum atomic E-state index is 0.664. The Kier molecular flexibility index (Phi) is 4.35. The fourth-order valence-electron chi connectivity index (χ4n) is 2.31. The van der Waals surface area contributed by atoms with E-state index in [1.54, 1.807) is 0 Å². The molecule has 0 saturated carbocycles. The second kappa shape index (κ2) is 6.58. The maximum Gasteiger partial charge on any atom is 0.266 e. The SMILES string of the molecule is Cc1ccccc1NCCc1nc(N2CCOCC2)no1. The van der Waals surface area contributed by atoms with Crippen LogP contribution in [-0.2, 0) is 11.2 Å². The van der Waals surface area contributed by atoms with Gasteiger partial charge >= 0.3 is 0 Å². The van der Waals surface area contributed by atoms with Crippen LogP contribution in [0.15, 0.2) is 28.8 Å². The first-order valence-corrected chi connectivity index (χ1v) is 7.28. The lowest BCUT2D eigenvalue weighted by molar-refractivity contribution is 0.121. The maximum atomic E-state index is 5.32. The monoisotopic (exact) mass is 288 g/mol. The molecule has 0 bridgehead atoms. The number of ether oxygens (including phenoxy) is 1. The molecule has 1 aliphatic rings. The summed E-state index contributed by atoms with van der Waals surface area (Å²) >= 11 is 0. The molecule has 2 heterocycles. The molecule has 1 aromatic carbocycles. The van der Waals surface area contributed by atoms with E-state index in [-0.39, 0.29) is 0 Å². The molecule has 6 heteroatoms. The van der Waals surface area contributed by atoms with Crippen molar-refractivity contribution < 1.29 is 9.26 Å². The highest BCUT2D eigenvalue weighted by molar-refractivity contribution is 5.50. The maximum absolute atomic E-state index is 5.32. The molecule has 1 aromatic heterocycles. The molecule has 0 radical (unpaired) electrons. The number of nitrogens with zero attached hydrogens (tertiary/aromatic N) is 3. The van der Waals surface area contributed by atoms with Crippen LogP contribution in [0.1, 0.15) is 11.5 Å². The summed E-state index contributed by atoms with van der Waals surface area (Å²) in [6.45, 7) is 5.94. The summed E-state index contributed by atoms with van der Waals surface area (Å²) in [6.07, 6.45) is 0.714. The molecule has 2 aromatic rings. The molecule has 1 aliphatic heterocycles. The van der Waals surface area contributed by atoms with Crippen molar-refractivity contribution in [3.8, 4) is 0 Å². The number of nitrogens with one attached hydrogen (secondary N) is 1. The van der Waals surface area contributed by atoms with Crippen molar-refractivity contribution >= 4 is 11.6 Å². The first-order valence-electron chi connectivity index (χ1n) is 7.28. The number of rotatable bonds is 5. The fraction of sp³-hybridized carbons (Fsp3) is 0.467. The van der Waals surface area contributed by atoms with Gasteiger partial charge in [0, 0.05) is 31.7 Å². The van der Waals surface area contributed by atoms with Gasteiger partial charge in [-0.2, -0.15) is 4.98 Å². The lowest BCUT2D eigenvalue weighted by Gasteiger charge is -2.24. The van der Waals surface area contributed by atoms with Crippen LogP contribution in [0.3, 0.4) is 0 Å². The Morgan fingerprint density at radius 3 is 2.86 bits per heavy atom. The molecule has 0 aliphatic carbocycles. The molecule has 0 spiro atoms. The molecule has 0 amide bonds. The zero-order chi connectivity index (χ0) is 14.5. The van der Waals surface area contributed by atoms with Gasteiger partial charge in [0.25, 0.3) is 5.95 Å². The van der Waals surface area contributed by atoms with Gasteiger partial charge in [0.2, 0.25) is 5.89 Å². The van der Waals surface area contributed by atoms with Crippen molar-refractivity contribution in [3.05, 3.63) is 35.7 Å². The Labute approximate surface area is 124 Å². The number of morpholine rings is 1. The lowest BCUT2D eigenvalue weighted by Crippen LogP contribution is -2.36. The van der Waals surface area contributed by atoms with Crippen LogP contribution in [-0.4, -0.2) is 43.0 Å². The van der Waals surface area contributed by atoms with Gasteiger partial charge in [-0.05, 0) is 23.7 Å². The van der Waals surface area contributed by atoms with E-state index in [4.69, 9.17) is 9.26 Å². The third kappa shape index (κ3) is 3.52. The van der Waals surface area contributed by atoms with E-state index in [9.17, 15) is 0 Å². The van der Waals surface area contributed by atoms with Gasteiger partial charge < -0.3 is 19.5 Å². The number of hydrogen-bond acceptors (Lipinski definition) is 6. The fourth-order valence-corrected chi connectivity index (χ4v) is 2.31. The number of aryl methyl sites for hydroxylation is 1. The van der Waals surface area contributed by atoms with E-state index in [2.05, 4.69) is 39.4 Å². The Bertz CT molecular complexity index is 579. The molecule has 0 unspecified atom stereocenters. The Morgan fingerprint density at radius 2 is 2.05 bits per heavy atom. The van der Waals surface area contributed by atoms with Crippen molar-refractivity contribution in [3.63, 3.8) is 0 Å². The van der Waals surface area contributed by atoms with E-state index in [0.29, 0.717) is 18.3 Å². The zero-order valence-corrected chi connectivity index (χ0v) is 12.2. The largest absolute Gasteiger partial charge is 0.384 e. The van der Waals surface area contributed by atoms with Gasteiger partial charge in [-0.1, -0.05) is 18.2 Å². The first-order chi connectivity index (χ1) is 10.3. The van der Waals surface area contributed by atoms with Gasteiger partial charge in [-0.3, -0.25) is 0 Å². The van der Waals surface area contributed by atoms with Crippen molar-refractivity contribution in [2.75, 3.05) is 43.1 Å². The van der Waals surface area contributed by atoms with E-state index < -0.39 is 0 Å². The summed E-state index contributed by atoms with van der Waals surface area (Å²) in [6, 6.07) is 8.22. The van der Waals surface area contributed by atoms with Crippen LogP contribution in [0.25, 0.3) is 0 Å². The molecule has 21 heavy (non-hydrogen) atoms. The molecular formula is C15H20N4O2. The van der Waals surface area contributed by atoms with Crippen molar-refractivity contribution in [2.45, 2.75) is 13.3 Å². The Morgan fingerprint density at radius 1 is 1.24 bits per heavy atom. The number of aromatic nitrogens is 2. The van der Waals surface area contributed by atoms with Crippen LogP contribution < -0.4 is 10.2 Å². The summed E-state index contributed by atoms with van der Waals surface area (Å²) in [5, 5.41) is 7.43. The van der Waals surface area contributed by atoms with E-state index >= 15 is 0 Å². The molecule has 3 rings (SSSR count). The predicted molar refractivity (Wildman–Crippen MR) is 80.7 cm³/mol. The van der Waals surface area contributed by atoms with Crippen molar-refractivity contribution in [1.82, 2.24) is 10.1 Å².